The Morgan fingerprint density at radius 2 is 1.97 bits per heavy atom. The van der Waals surface area contributed by atoms with Gasteiger partial charge in [-0.1, -0.05) is 18.2 Å². The Morgan fingerprint density at radius 1 is 1.15 bits per heavy atom. The van der Waals surface area contributed by atoms with E-state index in [0.717, 1.165) is 40.8 Å². The second-order valence-electron chi connectivity index (χ2n) is 8.12. The van der Waals surface area contributed by atoms with Crippen LogP contribution in [0.25, 0.3) is 22.2 Å². The molecule has 3 heterocycles. The number of carbonyl (C=O) groups excluding carboxylic acids is 1. The maximum Gasteiger partial charge on any atom is 0.251 e. The van der Waals surface area contributed by atoms with Crippen LogP contribution in [0.1, 0.15) is 21.5 Å². The lowest BCUT2D eigenvalue weighted by atomic mass is 10.1. The number of benzene rings is 2. The van der Waals surface area contributed by atoms with E-state index in [1.54, 1.807) is 12.4 Å². The highest BCUT2D eigenvalue weighted by molar-refractivity contribution is 5.94. The lowest BCUT2D eigenvalue weighted by Gasteiger charge is -2.26. The van der Waals surface area contributed by atoms with E-state index >= 15 is 0 Å². The summed E-state index contributed by atoms with van der Waals surface area (Å²) in [6, 6.07) is 17.5. The number of aromatic amines is 1. The average Bonchev–Trinajstić information content (AvgIpc) is 3.32. The van der Waals surface area contributed by atoms with Crippen LogP contribution in [0.4, 0.5) is 5.95 Å². The van der Waals surface area contributed by atoms with E-state index in [1.807, 2.05) is 48.5 Å². The normalized spacial score (nSPS) is 13.6. The van der Waals surface area contributed by atoms with Crippen LogP contribution in [0, 0.1) is 11.3 Å². The molecule has 1 fully saturated rings. The zero-order chi connectivity index (χ0) is 23.3. The summed E-state index contributed by atoms with van der Waals surface area (Å²) in [5.41, 5.74) is 4.98. The standard InChI is InChI=1S/C26H24N6O2/c27-16-21-17-30-24-6-1-18(15-22(21)24)7-9-28-25(33)20-4-2-19(3-5-20)23-8-10-29-26(31-23)32-11-13-34-14-12-32/h1-6,8,10,15,17,30H,7,9,11-14H2,(H,28,33). The molecule has 0 bridgehead atoms. The molecule has 170 valence electrons. The molecule has 4 aromatic rings. The molecule has 34 heavy (non-hydrogen) atoms. The third-order valence-electron chi connectivity index (χ3n) is 5.95. The summed E-state index contributed by atoms with van der Waals surface area (Å²) in [4.78, 5) is 26.9. The van der Waals surface area contributed by atoms with Crippen LogP contribution in [0.5, 0.6) is 0 Å². The van der Waals surface area contributed by atoms with Crippen LogP contribution in [0.15, 0.2) is 60.9 Å². The van der Waals surface area contributed by atoms with Gasteiger partial charge in [0, 0.05) is 54.1 Å². The number of carbonyl (C=O) groups is 1. The second kappa shape index (κ2) is 9.73. The minimum Gasteiger partial charge on any atom is -0.378 e. The second-order valence-corrected chi connectivity index (χ2v) is 8.12. The predicted octanol–water partition coefficient (Wildman–Crippen LogP) is 3.31. The van der Waals surface area contributed by atoms with Crippen molar-refractivity contribution in [2.75, 3.05) is 37.7 Å². The zero-order valence-corrected chi connectivity index (χ0v) is 18.6. The highest BCUT2D eigenvalue weighted by atomic mass is 16.5. The Hall–Kier alpha value is -4.22. The fourth-order valence-electron chi connectivity index (χ4n) is 4.06. The molecule has 2 aromatic heterocycles. The number of H-pyrrole nitrogens is 1. The molecule has 1 aliphatic heterocycles. The number of morpholine rings is 1. The predicted molar refractivity (Wildman–Crippen MR) is 130 cm³/mol. The van der Waals surface area contributed by atoms with E-state index in [2.05, 4.69) is 26.3 Å². The number of nitriles is 1. The number of nitrogens with one attached hydrogen (secondary N) is 2. The summed E-state index contributed by atoms with van der Waals surface area (Å²) in [7, 11) is 0. The number of hydrogen-bond donors (Lipinski definition) is 2. The van der Waals surface area contributed by atoms with Crippen molar-refractivity contribution >= 4 is 22.8 Å². The van der Waals surface area contributed by atoms with Gasteiger partial charge in [0.15, 0.2) is 0 Å². The highest BCUT2D eigenvalue weighted by Crippen LogP contribution is 2.21. The van der Waals surface area contributed by atoms with Crippen molar-refractivity contribution in [3.8, 4) is 17.3 Å². The molecule has 2 aromatic carbocycles. The number of anilines is 1. The number of nitrogens with zero attached hydrogens (tertiary/aromatic N) is 4. The van der Waals surface area contributed by atoms with Crippen LogP contribution in [0.3, 0.4) is 0 Å². The molecular formula is C26H24N6O2. The molecule has 2 N–H and O–H groups in total. The fraction of sp³-hybridized carbons (Fsp3) is 0.231. The van der Waals surface area contributed by atoms with Crippen molar-refractivity contribution in [3.05, 3.63) is 77.6 Å². The van der Waals surface area contributed by atoms with Crippen molar-refractivity contribution < 1.29 is 9.53 Å². The number of hydrogen-bond acceptors (Lipinski definition) is 6. The Morgan fingerprint density at radius 3 is 2.76 bits per heavy atom. The molecule has 0 unspecified atom stereocenters. The number of rotatable bonds is 6. The van der Waals surface area contributed by atoms with Gasteiger partial charge in [0.1, 0.15) is 6.07 Å². The first-order valence-corrected chi connectivity index (χ1v) is 11.3. The van der Waals surface area contributed by atoms with Crippen LogP contribution in [0.2, 0.25) is 0 Å². The Bertz CT molecular complexity index is 1350. The first-order chi connectivity index (χ1) is 16.7. The van der Waals surface area contributed by atoms with Gasteiger partial charge in [0.05, 0.1) is 24.5 Å². The van der Waals surface area contributed by atoms with Crippen molar-refractivity contribution in [1.82, 2.24) is 20.3 Å². The Kier molecular flexibility index (Phi) is 6.19. The molecule has 0 aliphatic carbocycles. The van der Waals surface area contributed by atoms with Gasteiger partial charge in [0.2, 0.25) is 5.95 Å². The summed E-state index contributed by atoms with van der Waals surface area (Å²) in [5.74, 6) is 0.575. The maximum atomic E-state index is 12.6. The van der Waals surface area contributed by atoms with E-state index in [1.165, 1.54) is 0 Å². The molecule has 1 saturated heterocycles. The minimum atomic E-state index is -0.122. The first kappa shape index (κ1) is 21.6. The molecule has 1 amide bonds. The Balaban J connectivity index is 1.20. The van der Waals surface area contributed by atoms with Crippen LogP contribution in [-0.4, -0.2) is 53.7 Å². The van der Waals surface area contributed by atoms with Crippen molar-refractivity contribution in [3.63, 3.8) is 0 Å². The van der Waals surface area contributed by atoms with Gasteiger partial charge in [-0.15, -0.1) is 0 Å². The topological polar surface area (TPSA) is 107 Å². The number of amides is 1. The van der Waals surface area contributed by atoms with Gasteiger partial charge in [-0.25, -0.2) is 9.97 Å². The van der Waals surface area contributed by atoms with Gasteiger partial charge in [-0.05, 0) is 42.3 Å². The molecule has 5 rings (SSSR count). The summed E-state index contributed by atoms with van der Waals surface area (Å²) >= 11 is 0. The lowest BCUT2D eigenvalue weighted by molar-refractivity contribution is 0.0954. The van der Waals surface area contributed by atoms with Crippen molar-refractivity contribution in [2.24, 2.45) is 0 Å². The number of ether oxygens (including phenoxy) is 1. The van der Waals surface area contributed by atoms with Gasteiger partial charge >= 0.3 is 0 Å². The van der Waals surface area contributed by atoms with E-state index in [9.17, 15) is 10.1 Å². The van der Waals surface area contributed by atoms with Crippen molar-refractivity contribution in [2.45, 2.75) is 6.42 Å². The van der Waals surface area contributed by atoms with E-state index in [0.29, 0.717) is 43.3 Å². The number of aromatic nitrogens is 3. The smallest absolute Gasteiger partial charge is 0.251 e. The summed E-state index contributed by atoms with van der Waals surface area (Å²) < 4.78 is 5.40. The SMILES string of the molecule is N#Cc1c[nH]c2ccc(CCNC(=O)c3ccc(-c4ccnc(N5CCOCC5)n4)cc3)cc12. The van der Waals surface area contributed by atoms with E-state index < -0.39 is 0 Å². The van der Waals surface area contributed by atoms with Crippen LogP contribution >= 0.6 is 0 Å². The van der Waals surface area contributed by atoms with E-state index in [4.69, 9.17) is 9.72 Å². The van der Waals surface area contributed by atoms with E-state index in [-0.39, 0.29) is 5.91 Å². The van der Waals surface area contributed by atoms with Gasteiger partial charge < -0.3 is 19.9 Å². The Labute approximate surface area is 197 Å². The molecule has 0 spiro atoms. The largest absolute Gasteiger partial charge is 0.378 e. The molecule has 0 saturated carbocycles. The quantitative estimate of drug-likeness (QED) is 0.465. The molecule has 8 nitrogen and oxygen atoms in total. The van der Waals surface area contributed by atoms with Gasteiger partial charge in [0.25, 0.3) is 5.91 Å². The highest BCUT2D eigenvalue weighted by Gasteiger charge is 2.14. The molecular weight excluding hydrogens is 428 g/mol. The third-order valence-corrected chi connectivity index (χ3v) is 5.95. The monoisotopic (exact) mass is 452 g/mol. The fourth-order valence-corrected chi connectivity index (χ4v) is 4.06. The molecule has 1 aliphatic rings. The molecule has 0 atom stereocenters. The lowest BCUT2D eigenvalue weighted by Crippen LogP contribution is -2.37. The third kappa shape index (κ3) is 4.60. The summed E-state index contributed by atoms with van der Waals surface area (Å²) in [6.45, 7) is 3.42. The minimum absolute atomic E-state index is 0.122. The first-order valence-electron chi connectivity index (χ1n) is 11.3. The van der Waals surface area contributed by atoms with Crippen LogP contribution < -0.4 is 10.2 Å². The zero-order valence-electron chi connectivity index (χ0n) is 18.6. The maximum absolute atomic E-state index is 12.6. The summed E-state index contributed by atoms with van der Waals surface area (Å²) in [5, 5.41) is 13.1. The van der Waals surface area contributed by atoms with Gasteiger partial charge in [-0.3, -0.25) is 4.79 Å². The molecule has 8 heteroatoms. The summed E-state index contributed by atoms with van der Waals surface area (Å²) in [6.07, 6.45) is 4.16. The number of fused-ring (bicyclic) bond motifs is 1. The van der Waals surface area contributed by atoms with Gasteiger partial charge in [-0.2, -0.15) is 5.26 Å². The van der Waals surface area contributed by atoms with Crippen molar-refractivity contribution in [1.29, 1.82) is 5.26 Å². The van der Waals surface area contributed by atoms with Crippen LogP contribution in [-0.2, 0) is 11.2 Å². The molecule has 0 radical (unpaired) electrons. The average molecular weight is 453 g/mol.